The predicted molar refractivity (Wildman–Crippen MR) is 65.7 cm³/mol. The largest absolute Gasteiger partial charge is 0.481 e. The van der Waals surface area contributed by atoms with E-state index in [1.807, 2.05) is 0 Å². The molecule has 0 radical (unpaired) electrons. The zero-order valence-corrected chi connectivity index (χ0v) is 10.7. The van der Waals surface area contributed by atoms with Crippen LogP contribution in [0.4, 0.5) is 4.79 Å². The van der Waals surface area contributed by atoms with Gasteiger partial charge in [0, 0.05) is 19.0 Å². The van der Waals surface area contributed by atoms with E-state index in [1.165, 1.54) is 4.90 Å². The van der Waals surface area contributed by atoms with Crippen molar-refractivity contribution in [2.45, 2.75) is 25.3 Å². The van der Waals surface area contributed by atoms with Gasteiger partial charge in [-0.2, -0.15) is 0 Å². The standard InChI is InChI=1S/C11H17N3O6/c12-9(17)6-1-3-14(4-2-6)11(20)13-7(10(18)19)5-8(15)16/h6-7H,1-5H2,(H2,12,17)(H,13,20)(H,15,16)(H,18,19)/t7-/m0/s1. The Hall–Kier alpha value is -2.32. The molecule has 9 heteroatoms. The molecule has 0 aliphatic carbocycles. The number of hydrogen-bond acceptors (Lipinski definition) is 4. The number of carbonyl (C=O) groups excluding carboxylic acids is 2. The number of piperidine rings is 1. The zero-order chi connectivity index (χ0) is 15.3. The van der Waals surface area contributed by atoms with Crippen LogP contribution in [0.25, 0.3) is 0 Å². The molecule has 1 saturated heterocycles. The van der Waals surface area contributed by atoms with Crippen molar-refractivity contribution >= 4 is 23.9 Å². The highest BCUT2D eigenvalue weighted by atomic mass is 16.4. The summed E-state index contributed by atoms with van der Waals surface area (Å²) < 4.78 is 0. The van der Waals surface area contributed by atoms with E-state index in [4.69, 9.17) is 15.9 Å². The highest BCUT2D eigenvalue weighted by molar-refractivity contribution is 5.86. The number of hydrogen-bond donors (Lipinski definition) is 4. The van der Waals surface area contributed by atoms with Crippen molar-refractivity contribution < 1.29 is 29.4 Å². The van der Waals surface area contributed by atoms with Crippen LogP contribution in [0.2, 0.25) is 0 Å². The van der Waals surface area contributed by atoms with Gasteiger partial charge in [-0.25, -0.2) is 9.59 Å². The van der Waals surface area contributed by atoms with Crippen LogP contribution >= 0.6 is 0 Å². The number of carboxylic acid groups (broad SMARTS) is 2. The van der Waals surface area contributed by atoms with Gasteiger partial charge in [-0.15, -0.1) is 0 Å². The lowest BCUT2D eigenvalue weighted by Crippen LogP contribution is -2.51. The fourth-order valence-electron chi connectivity index (χ4n) is 1.98. The number of urea groups is 1. The fourth-order valence-corrected chi connectivity index (χ4v) is 1.98. The lowest BCUT2D eigenvalue weighted by Gasteiger charge is -2.31. The molecule has 0 bridgehead atoms. The first-order valence-corrected chi connectivity index (χ1v) is 6.10. The summed E-state index contributed by atoms with van der Waals surface area (Å²) in [6.07, 6.45) is 0.137. The van der Waals surface area contributed by atoms with Crippen molar-refractivity contribution in [3.63, 3.8) is 0 Å². The number of nitrogens with one attached hydrogen (secondary N) is 1. The molecule has 0 unspecified atom stereocenters. The zero-order valence-electron chi connectivity index (χ0n) is 10.7. The van der Waals surface area contributed by atoms with Crippen LogP contribution in [0.3, 0.4) is 0 Å². The molecule has 1 rings (SSSR count). The number of carboxylic acids is 2. The monoisotopic (exact) mass is 287 g/mol. The molecule has 1 atom stereocenters. The van der Waals surface area contributed by atoms with Crippen molar-refractivity contribution in [3.8, 4) is 0 Å². The molecule has 0 aromatic rings. The van der Waals surface area contributed by atoms with E-state index in [-0.39, 0.29) is 19.0 Å². The van der Waals surface area contributed by atoms with Gasteiger partial charge in [-0.05, 0) is 12.8 Å². The molecule has 5 N–H and O–H groups in total. The molecule has 0 spiro atoms. The Bertz CT molecular complexity index is 416. The average molecular weight is 287 g/mol. The van der Waals surface area contributed by atoms with E-state index < -0.39 is 36.3 Å². The Balaban J connectivity index is 2.52. The van der Waals surface area contributed by atoms with Crippen molar-refractivity contribution in [1.29, 1.82) is 0 Å². The normalized spacial score (nSPS) is 17.3. The van der Waals surface area contributed by atoms with Crippen LogP contribution in [-0.2, 0) is 14.4 Å². The number of rotatable bonds is 5. The van der Waals surface area contributed by atoms with Crippen molar-refractivity contribution in [2.75, 3.05) is 13.1 Å². The molecule has 0 aromatic heterocycles. The van der Waals surface area contributed by atoms with Crippen LogP contribution in [0.5, 0.6) is 0 Å². The smallest absolute Gasteiger partial charge is 0.326 e. The molecule has 1 aliphatic rings. The number of carbonyl (C=O) groups is 4. The highest BCUT2D eigenvalue weighted by Gasteiger charge is 2.29. The van der Waals surface area contributed by atoms with E-state index >= 15 is 0 Å². The SMILES string of the molecule is NC(=O)C1CCN(C(=O)N[C@@H](CC(=O)O)C(=O)O)CC1. The molecule has 0 aromatic carbocycles. The summed E-state index contributed by atoms with van der Waals surface area (Å²) in [4.78, 5) is 45.5. The van der Waals surface area contributed by atoms with Gasteiger partial charge in [-0.1, -0.05) is 0 Å². The van der Waals surface area contributed by atoms with Gasteiger partial charge in [0.15, 0.2) is 0 Å². The number of nitrogens with zero attached hydrogens (tertiary/aromatic N) is 1. The Labute approximate surface area is 114 Å². The van der Waals surface area contributed by atoms with Gasteiger partial charge < -0.3 is 26.2 Å². The second-order valence-corrected chi connectivity index (χ2v) is 4.60. The van der Waals surface area contributed by atoms with Gasteiger partial charge in [0.05, 0.1) is 6.42 Å². The molecule has 1 fully saturated rings. The number of nitrogens with two attached hydrogens (primary N) is 1. The Morgan fingerprint density at radius 1 is 1.20 bits per heavy atom. The summed E-state index contributed by atoms with van der Waals surface area (Å²) in [5.74, 6) is -3.43. The predicted octanol–water partition coefficient (Wildman–Crippen LogP) is -1.18. The lowest BCUT2D eigenvalue weighted by molar-refractivity contribution is -0.145. The first-order valence-electron chi connectivity index (χ1n) is 6.10. The van der Waals surface area contributed by atoms with Crippen LogP contribution in [-0.4, -0.2) is 58.1 Å². The molecule has 112 valence electrons. The second kappa shape index (κ2) is 6.73. The minimum atomic E-state index is -1.48. The number of aliphatic carboxylic acids is 2. The molecular weight excluding hydrogens is 270 g/mol. The summed E-state index contributed by atoms with van der Waals surface area (Å²) >= 11 is 0. The summed E-state index contributed by atoms with van der Waals surface area (Å²) in [7, 11) is 0. The molecule has 1 heterocycles. The van der Waals surface area contributed by atoms with Crippen LogP contribution < -0.4 is 11.1 Å². The van der Waals surface area contributed by atoms with E-state index in [0.29, 0.717) is 12.8 Å². The van der Waals surface area contributed by atoms with Gasteiger partial charge in [0.2, 0.25) is 5.91 Å². The third-order valence-corrected chi connectivity index (χ3v) is 3.16. The maximum atomic E-state index is 11.8. The van der Waals surface area contributed by atoms with E-state index in [2.05, 4.69) is 5.32 Å². The minimum absolute atomic E-state index is 0.277. The Morgan fingerprint density at radius 3 is 2.15 bits per heavy atom. The van der Waals surface area contributed by atoms with E-state index in [1.54, 1.807) is 0 Å². The second-order valence-electron chi connectivity index (χ2n) is 4.60. The first-order chi connectivity index (χ1) is 9.31. The number of primary amides is 1. The van der Waals surface area contributed by atoms with Crippen LogP contribution in [0, 0.1) is 5.92 Å². The third-order valence-electron chi connectivity index (χ3n) is 3.16. The topological polar surface area (TPSA) is 150 Å². The first kappa shape index (κ1) is 15.7. The highest BCUT2D eigenvalue weighted by Crippen LogP contribution is 2.16. The Kier molecular flexibility index (Phi) is 5.30. The maximum Gasteiger partial charge on any atom is 0.326 e. The molecule has 0 saturated carbocycles. The molecule has 20 heavy (non-hydrogen) atoms. The van der Waals surface area contributed by atoms with Crippen LogP contribution in [0.15, 0.2) is 0 Å². The van der Waals surface area contributed by atoms with Crippen molar-refractivity contribution in [1.82, 2.24) is 10.2 Å². The van der Waals surface area contributed by atoms with Gasteiger partial charge in [0.25, 0.3) is 0 Å². The maximum absolute atomic E-state index is 11.8. The number of amides is 3. The number of likely N-dealkylation sites (tertiary alicyclic amines) is 1. The van der Waals surface area contributed by atoms with Crippen molar-refractivity contribution in [3.05, 3.63) is 0 Å². The summed E-state index contributed by atoms with van der Waals surface area (Å²) in [6.45, 7) is 0.553. The lowest BCUT2D eigenvalue weighted by atomic mass is 9.96. The molecule has 3 amide bonds. The average Bonchev–Trinajstić information content (AvgIpc) is 2.37. The fraction of sp³-hybridized carbons (Fsp3) is 0.636. The molecular formula is C11H17N3O6. The molecule has 1 aliphatic heterocycles. The Morgan fingerprint density at radius 2 is 1.75 bits per heavy atom. The van der Waals surface area contributed by atoms with Gasteiger partial charge in [0.1, 0.15) is 6.04 Å². The summed E-state index contributed by atoms with van der Waals surface area (Å²) in [5, 5.41) is 19.6. The summed E-state index contributed by atoms with van der Waals surface area (Å²) in [6, 6.07) is -2.13. The molecule has 9 nitrogen and oxygen atoms in total. The van der Waals surface area contributed by atoms with Gasteiger partial charge >= 0.3 is 18.0 Å². The van der Waals surface area contributed by atoms with Crippen LogP contribution in [0.1, 0.15) is 19.3 Å². The van der Waals surface area contributed by atoms with Crippen molar-refractivity contribution in [2.24, 2.45) is 11.7 Å². The van der Waals surface area contributed by atoms with E-state index in [0.717, 1.165) is 0 Å². The van der Waals surface area contributed by atoms with E-state index in [9.17, 15) is 19.2 Å². The van der Waals surface area contributed by atoms with Gasteiger partial charge in [-0.3, -0.25) is 9.59 Å². The minimum Gasteiger partial charge on any atom is -0.481 e. The summed E-state index contributed by atoms with van der Waals surface area (Å²) in [5.41, 5.74) is 5.16. The third kappa shape index (κ3) is 4.41. The quantitative estimate of drug-likeness (QED) is 0.500.